The maximum absolute atomic E-state index is 2.44. The molecule has 0 atom stereocenters. The van der Waals surface area contributed by atoms with Crippen LogP contribution in [0.15, 0.2) is 212 Å². The summed E-state index contributed by atoms with van der Waals surface area (Å²) >= 11 is 0. The summed E-state index contributed by atoms with van der Waals surface area (Å²) in [6.07, 6.45) is 0. The van der Waals surface area contributed by atoms with Crippen molar-refractivity contribution in [1.82, 2.24) is 13.7 Å². The zero-order valence-corrected chi connectivity index (χ0v) is 31.0. The molecule has 0 saturated heterocycles. The number of fused-ring (bicyclic) bond motifs is 10. The van der Waals surface area contributed by atoms with Crippen LogP contribution in [-0.2, 0) is 0 Å². The van der Waals surface area contributed by atoms with Crippen molar-refractivity contribution in [2.75, 3.05) is 0 Å². The van der Waals surface area contributed by atoms with Crippen LogP contribution >= 0.6 is 0 Å². The van der Waals surface area contributed by atoms with Gasteiger partial charge < -0.3 is 13.7 Å². The van der Waals surface area contributed by atoms with E-state index in [4.69, 9.17) is 0 Å². The Morgan fingerprint density at radius 3 is 1.14 bits per heavy atom. The fraction of sp³-hybridized carbons (Fsp3) is 0. The average molecular weight is 726 g/mol. The van der Waals surface area contributed by atoms with Gasteiger partial charge in [0.1, 0.15) is 0 Å². The number of hydrogen-bond acceptors (Lipinski definition) is 0. The molecule has 0 spiro atoms. The van der Waals surface area contributed by atoms with Crippen molar-refractivity contribution in [3.8, 4) is 39.3 Å². The van der Waals surface area contributed by atoms with Crippen molar-refractivity contribution in [3.05, 3.63) is 212 Å². The van der Waals surface area contributed by atoms with Crippen molar-refractivity contribution < 1.29 is 0 Å². The predicted octanol–water partition coefficient (Wildman–Crippen LogP) is 14.3. The molecule has 3 nitrogen and oxygen atoms in total. The standard InChI is InChI=1S/C54H35N3/c1-3-13-36(14-4-1)37-23-28-41(29-24-37)55-48-21-11-8-18-45(48)53-50(55)33-34-51-54(53)46-19-9-12-22-49(46)56(51)42-30-25-38(26-31-42)39-27-32-44-43-17-7-10-20-47(43)57(52(44)35-39)40-15-5-2-6-16-40/h1-35H. The van der Waals surface area contributed by atoms with E-state index in [9.17, 15) is 0 Å². The summed E-state index contributed by atoms with van der Waals surface area (Å²) in [5.41, 5.74) is 15.5. The first kappa shape index (κ1) is 31.7. The van der Waals surface area contributed by atoms with Gasteiger partial charge in [-0.15, -0.1) is 0 Å². The Morgan fingerprint density at radius 2 is 0.579 bits per heavy atom. The third kappa shape index (κ3) is 4.79. The van der Waals surface area contributed by atoms with Crippen LogP contribution in [0.3, 0.4) is 0 Å². The molecule has 266 valence electrons. The number of rotatable bonds is 5. The van der Waals surface area contributed by atoms with Gasteiger partial charge in [-0.25, -0.2) is 0 Å². The third-order valence-corrected chi connectivity index (χ3v) is 11.9. The lowest BCUT2D eigenvalue weighted by Gasteiger charge is -2.11. The van der Waals surface area contributed by atoms with Crippen molar-refractivity contribution in [3.63, 3.8) is 0 Å². The third-order valence-electron chi connectivity index (χ3n) is 11.9. The van der Waals surface area contributed by atoms with Crippen LogP contribution in [0.5, 0.6) is 0 Å². The molecule has 0 unspecified atom stereocenters. The van der Waals surface area contributed by atoms with E-state index in [-0.39, 0.29) is 0 Å². The maximum atomic E-state index is 2.44. The molecule has 3 heterocycles. The lowest BCUT2D eigenvalue weighted by atomic mass is 10.0. The topological polar surface area (TPSA) is 14.8 Å². The van der Waals surface area contributed by atoms with E-state index in [1.54, 1.807) is 0 Å². The molecule has 0 aliphatic carbocycles. The Kier molecular flexibility index (Phi) is 6.93. The number of para-hydroxylation sites is 4. The molecule has 0 bridgehead atoms. The van der Waals surface area contributed by atoms with Gasteiger partial charge in [0.15, 0.2) is 0 Å². The molecule has 0 saturated carbocycles. The van der Waals surface area contributed by atoms with Gasteiger partial charge in [-0.1, -0.05) is 140 Å². The average Bonchev–Trinajstić information content (AvgIpc) is 3.92. The Morgan fingerprint density at radius 1 is 0.211 bits per heavy atom. The quantitative estimate of drug-likeness (QED) is 0.168. The first-order valence-corrected chi connectivity index (χ1v) is 19.6. The molecule has 57 heavy (non-hydrogen) atoms. The van der Waals surface area contributed by atoms with Gasteiger partial charge in [-0.2, -0.15) is 0 Å². The van der Waals surface area contributed by atoms with E-state index < -0.39 is 0 Å². The molecule has 0 aliphatic rings. The maximum Gasteiger partial charge on any atom is 0.0548 e. The molecule has 9 aromatic carbocycles. The van der Waals surface area contributed by atoms with E-state index in [0.29, 0.717) is 0 Å². The lowest BCUT2D eigenvalue weighted by Crippen LogP contribution is -1.95. The van der Waals surface area contributed by atoms with Crippen molar-refractivity contribution in [1.29, 1.82) is 0 Å². The lowest BCUT2D eigenvalue weighted by molar-refractivity contribution is 1.17. The molecule has 12 aromatic rings. The Labute approximate surface area is 329 Å². The van der Waals surface area contributed by atoms with E-state index in [1.807, 2.05) is 0 Å². The summed E-state index contributed by atoms with van der Waals surface area (Å²) < 4.78 is 7.25. The zero-order chi connectivity index (χ0) is 37.5. The highest BCUT2D eigenvalue weighted by atomic mass is 15.0. The van der Waals surface area contributed by atoms with Gasteiger partial charge in [0.25, 0.3) is 0 Å². The molecular weight excluding hydrogens is 691 g/mol. The van der Waals surface area contributed by atoms with Crippen LogP contribution < -0.4 is 0 Å². The van der Waals surface area contributed by atoms with Crippen LogP contribution in [0.1, 0.15) is 0 Å². The number of hydrogen-bond donors (Lipinski definition) is 0. The summed E-state index contributed by atoms with van der Waals surface area (Å²) in [6.45, 7) is 0. The fourth-order valence-electron chi connectivity index (χ4n) is 9.32. The van der Waals surface area contributed by atoms with Crippen LogP contribution in [0.4, 0.5) is 0 Å². The molecule has 12 rings (SSSR count). The molecule has 3 heteroatoms. The minimum atomic E-state index is 1.14. The normalized spacial score (nSPS) is 11.9. The number of aromatic nitrogens is 3. The fourth-order valence-corrected chi connectivity index (χ4v) is 9.32. The highest BCUT2D eigenvalue weighted by Gasteiger charge is 2.21. The first-order chi connectivity index (χ1) is 28.3. The second-order valence-corrected chi connectivity index (χ2v) is 14.9. The monoisotopic (exact) mass is 725 g/mol. The van der Waals surface area contributed by atoms with Crippen LogP contribution in [0.2, 0.25) is 0 Å². The minimum absolute atomic E-state index is 1.14. The molecular formula is C54H35N3. The van der Waals surface area contributed by atoms with Crippen LogP contribution in [0, 0.1) is 0 Å². The Bertz CT molecular complexity index is 3470. The van der Waals surface area contributed by atoms with Gasteiger partial charge in [0.05, 0.1) is 33.1 Å². The molecule has 0 fully saturated rings. The summed E-state index contributed by atoms with van der Waals surface area (Å²) in [6, 6.07) is 77.3. The van der Waals surface area contributed by atoms with Crippen LogP contribution in [0.25, 0.3) is 105 Å². The van der Waals surface area contributed by atoms with Gasteiger partial charge in [0.2, 0.25) is 0 Å². The van der Waals surface area contributed by atoms with Crippen LogP contribution in [-0.4, -0.2) is 13.7 Å². The van der Waals surface area contributed by atoms with Gasteiger partial charge in [0, 0.05) is 49.4 Å². The van der Waals surface area contributed by atoms with E-state index in [1.165, 1.54) is 93.4 Å². The summed E-state index contributed by atoms with van der Waals surface area (Å²) in [5.74, 6) is 0. The highest BCUT2D eigenvalue weighted by Crippen LogP contribution is 2.43. The number of nitrogens with zero attached hydrogens (tertiary/aromatic N) is 3. The molecule has 0 amide bonds. The zero-order valence-electron chi connectivity index (χ0n) is 31.0. The van der Waals surface area contributed by atoms with Gasteiger partial charge in [-0.3, -0.25) is 0 Å². The summed E-state index contributed by atoms with van der Waals surface area (Å²) in [5, 5.41) is 7.60. The smallest absolute Gasteiger partial charge is 0.0548 e. The van der Waals surface area contributed by atoms with E-state index in [0.717, 1.165) is 11.4 Å². The first-order valence-electron chi connectivity index (χ1n) is 19.6. The summed E-state index contributed by atoms with van der Waals surface area (Å²) in [7, 11) is 0. The molecule has 0 radical (unpaired) electrons. The largest absolute Gasteiger partial charge is 0.309 e. The van der Waals surface area contributed by atoms with Crippen molar-refractivity contribution >= 4 is 65.4 Å². The SMILES string of the molecule is c1ccc(-c2ccc(-n3c4ccccc4c4c5c6ccccc6n(-c6ccc(-c7ccc8c9ccccc9n(-c9ccccc9)c8c7)cc6)c5ccc43)cc2)cc1. The van der Waals surface area contributed by atoms with E-state index >= 15 is 0 Å². The second-order valence-electron chi connectivity index (χ2n) is 14.9. The summed E-state index contributed by atoms with van der Waals surface area (Å²) in [4.78, 5) is 0. The molecule has 0 N–H and O–H groups in total. The van der Waals surface area contributed by atoms with Gasteiger partial charge >= 0.3 is 0 Å². The second kappa shape index (κ2) is 12.5. The van der Waals surface area contributed by atoms with Crippen molar-refractivity contribution in [2.24, 2.45) is 0 Å². The molecule has 0 aliphatic heterocycles. The highest BCUT2D eigenvalue weighted by molar-refractivity contribution is 6.29. The minimum Gasteiger partial charge on any atom is -0.309 e. The Balaban J connectivity index is 1.01. The number of benzene rings is 9. The van der Waals surface area contributed by atoms with E-state index in [2.05, 4.69) is 226 Å². The Hall–Kier alpha value is -7.62. The predicted molar refractivity (Wildman–Crippen MR) is 240 cm³/mol. The van der Waals surface area contributed by atoms with Gasteiger partial charge in [-0.05, 0) is 95.1 Å². The molecule has 3 aromatic heterocycles. The van der Waals surface area contributed by atoms with Crippen molar-refractivity contribution in [2.45, 2.75) is 0 Å².